The van der Waals surface area contributed by atoms with Gasteiger partial charge in [-0.1, -0.05) is 48.0 Å². The summed E-state index contributed by atoms with van der Waals surface area (Å²) in [5, 5.41) is 5.40. The molecule has 0 spiro atoms. The fraction of sp³-hybridized carbons (Fsp3) is 0.238. The van der Waals surface area contributed by atoms with Gasteiger partial charge in [0.2, 0.25) is 5.91 Å². The number of rotatable bonds is 9. The summed E-state index contributed by atoms with van der Waals surface area (Å²) in [4.78, 5) is 23.8. The first-order valence-corrected chi connectivity index (χ1v) is 9.09. The molecule has 28 heavy (non-hydrogen) atoms. The number of ether oxygens (including phenoxy) is 1. The SMILES string of the molecule is C=C(CCNC(=O)COc1ccc(Cl)c(F)c1)C(=O)NCc1cccc(C)c1. The Morgan fingerprint density at radius 3 is 2.68 bits per heavy atom. The minimum atomic E-state index is -0.618. The summed E-state index contributed by atoms with van der Waals surface area (Å²) in [6.07, 6.45) is 0.307. The van der Waals surface area contributed by atoms with Gasteiger partial charge in [-0.25, -0.2) is 4.39 Å². The highest BCUT2D eigenvalue weighted by molar-refractivity contribution is 6.30. The van der Waals surface area contributed by atoms with Crippen LogP contribution in [0.4, 0.5) is 4.39 Å². The molecule has 5 nitrogen and oxygen atoms in total. The number of hydrogen-bond acceptors (Lipinski definition) is 3. The first kappa shape index (κ1) is 21.4. The minimum absolute atomic E-state index is 0.0176. The average Bonchev–Trinajstić information content (AvgIpc) is 2.67. The molecule has 0 bridgehead atoms. The second-order valence-electron chi connectivity index (χ2n) is 6.24. The van der Waals surface area contributed by atoms with Crippen LogP contribution in [0.5, 0.6) is 5.75 Å². The van der Waals surface area contributed by atoms with E-state index in [0.29, 0.717) is 18.5 Å². The van der Waals surface area contributed by atoms with Gasteiger partial charge in [-0.3, -0.25) is 9.59 Å². The number of carbonyl (C=O) groups is 2. The lowest BCUT2D eigenvalue weighted by atomic mass is 10.1. The number of aryl methyl sites for hydroxylation is 1. The zero-order valence-corrected chi connectivity index (χ0v) is 16.3. The van der Waals surface area contributed by atoms with E-state index in [-0.39, 0.29) is 35.7 Å². The van der Waals surface area contributed by atoms with Crippen molar-refractivity contribution >= 4 is 23.4 Å². The molecule has 0 radical (unpaired) electrons. The van der Waals surface area contributed by atoms with Crippen molar-refractivity contribution in [1.82, 2.24) is 10.6 Å². The maximum atomic E-state index is 13.3. The fourth-order valence-corrected chi connectivity index (χ4v) is 2.48. The molecule has 0 heterocycles. The standard InChI is InChI=1S/C21H22ClFN2O3/c1-14-4-3-5-16(10-14)12-25-21(27)15(2)8-9-24-20(26)13-28-17-6-7-18(22)19(23)11-17/h3-7,10-11H,2,8-9,12-13H2,1H3,(H,24,26)(H,25,27). The molecular weight excluding hydrogens is 383 g/mol. The molecule has 0 fully saturated rings. The lowest BCUT2D eigenvalue weighted by Crippen LogP contribution is -2.31. The molecule has 0 saturated carbocycles. The molecule has 0 aliphatic heterocycles. The number of benzene rings is 2. The summed E-state index contributed by atoms with van der Waals surface area (Å²) in [5.41, 5.74) is 2.50. The van der Waals surface area contributed by atoms with Crippen molar-refractivity contribution in [3.8, 4) is 5.75 Å². The highest BCUT2D eigenvalue weighted by Gasteiger charge is 2.09. The number of carbonyl (C=O) groups excluding carboxylic acids is 2. The van der Waals surface area contributed by atoms with Crippen molar-refractivity contribution in [1.29, 1.82) is 0 Å². The smallest absolute Gasteiger partial charge is 0.257 e. The molecule has 2 aromatic carbocycles. The quantitative estimate of drug-likeness (QED) is 0.628. The maximum Gasteiger partial charge on any atom is 0.257 e. The Hall–Kier alpha value is -2.86. The monoisotopic (exact) mass is 404 g/mol. The Kier molecular flexibility index (Phi) is 8.02. The van der Waals surface area contributed by atoms with Gasteiger partial charge < -0.3 is 15.4 Å². The Morgan fingerprint density at radius 1 is 1.18 bits per heavy atom. The third kappa shape index (κ3) is 7.04. The Morgan fingerprint density at radius 2 is 1.96 bits per heavy atom. The van der Waals surface area contributed by atoms with Crippen LogP contribution in [0, 0.1) is 12.7 Å². The lowest BCUT2D eigenvalue weighted by molar-refractivity contribution is -0.123. The zero-order chi connectivity index (χ0) is 20.5. The third-order valence-electron chi connectivity index (χ3n) is 3.87. The highest BCUT2D eigenvalue weighted by atomic mass is 35.5. The van der Waals surface area contributed by atoms with E-state index in [1.54, 1.807) is 0 Å². The van der Waals surface area contributed by atoms with Crippen LogP contribution in [-0.4, -0.2) is 25.0 Å². The largest absolute Gasteiger partial charge is 0.484 e. The topological polar surface area (TPSA) is 67.4 Å². The van der Waals surface area contributed by atoms with Gasteiger partial charge >= 0.3 is 0 Å². The van der Waals surface area contributed by atoms with E-state index < -0.39 is 5.82 Å². The summed E-state index contributed by atoms with van der Waals surface area (Å²) >= 11 is 5.58. The van der Waals surface area contributed by atoms with Crippen LogP contribution < -0.4 is 15.4 Å². The average molecular weight is 405 g/mol. The predicted octanol–water partition coefficient (Wildman–Crippen LogP) is 3.55. The van der Waals surface area contributed by atoms with Crippen molar-refractivity contribution < 1.29 is 18.7 Å². The van der Waals surface area contributed by atoms with Crippen molar-refractivity contribution in [3.05, 3.63) is 76.6 Å². The number of nitrogens with one attached hydrogen (secondary N) is 2. The first-order chi connectivity index (χ1) is 13.3. The van der Waals surface area contributed by atoms with E-state index in [1.807, 2.05) is 31.2 Å². The molecule has 0 aliphatic carbocycles. The van der Waals surface area contributed by atoms with E-state index in [4.69, 9.17) is 16.3 Å². The summed E-state index contributed by atoms with van der Waals surface area (Å²) in [6.45, 7) is 6.12. The molecule has 2 aromatic rings. The predicted molar refractivity (Wildman–Crippen MR) is 107 cm³/mol. The Labute approximate surface area is 168 Å². The van der Waals surface area contributed by atoms with E-state index in [2.05, 4.69) is 17.2 Å². The van der Waals surface area contributed by atoms with Crippen LogP contribution in [-0.2, 0) is 16.1 Å². The highest BCUT2D eigenvalue weighted by Crippen LogP contribution is 2.20. The van der Waals surface area contributed by atoms with Crippen LogP contribution in [0.15, 0.2) is 54.6 Å². The van der Waals surface area contributed by atoms with Crippen molar-refractivity contribution in [2.45, 2.75) is 19.9 Å². The Bertz CT molecular complexity index is 870. The zero-order valence-electron chi connectivity index (χ0n) is 15.6. The normalized spacial score (nSPS) is 10.2. The summed E-state index contributed by atoms with van der Waals surface area (Å²) < 4.78 is 18.5. The molecule has 7 heteroatoms. The molecule has 2 rings (SSSR count). The first-order valence-electron chi connectivity index (χ1n) is 8.71. The van der Waals surface area contributed by atoms with Gasteiger partial charge in [-0.15, -0.1) is 0 Å². The van der Waals surface area contributed by atoms with E-state index >= 15 is 0 Å². The summed E-state index contributed by atoms with van der Waals surface area (Å²) in [5.74, 6) is -1.06. The van der Waals surface area contributed by atoms with Gasteiger partial charge in [0.05, 0.1) is 5.02 Å². The summed E-state index contributed by atoms with van der Waals surface area (Å²) in [7, 11) is 0. The van der Waals surface area contributed by atoms with Crippen LogP contribution in [0.1, 0.15) is 17.5 Å². The number of hydrogen-bond donors (Lipinski definition) is 2. The van der Waals surface area contributed by atoms with Gasteiger partial charge in [0.1, 0.15) is 11.6 Å². The van der Waals surface area contributed by atoms with Crippen molar-refractivity contribution in [2.24, 2.45) is 0 Å². The third-order valence-corrected chi connectivity index (χ3v) is 4.17. The molecule has 0 aliphatic rings. The molecule has 148 valence electrons. The number of halogens is 2. The van der Waals surface area contributed by atoms with Gasteiger partial charge in [0.15, 0.2) is 6.61 Å². The van der Waals surface area contributed by atoms with Gasteiger partial charge in [0.25, 0.3) is 5.91 Å². The van der Waals surface area contributed by atoms with Gasteiger partial charge in [-0.2, -0.15) is 0 Å². The van der Waals surface area contributed by atoms with E-state index in [0.717, 1.165) is 17.2 Å². The maximum absolute atomic E-state index is 13.3. The molecule has 0 aromatic heterocycles. The molecule has 0 saturated heterocycles. The van der Waals surface area contributed by atoms with Crippen LogP contribution in [0.2, 0.25) is 5.02 Å². The molecule has 0 unspecified atom stereocenters. The Balaban J connectivity index is 1.65. The molecule has 0 atom stereocenters. The summed E-state index contributed by atoms with van der Waals surface area (Å²) in [6, 6.07) is 11.8. The van der Waals surface area contributed by atoms with Gasteiger partial charge in [-0.05, 0) is 31.0 Å². The van der Waals surface area contributed by atoms with Crippen molar-refractivity contribution in [3.63, 3.8) is 0 Å². The van der Waals surface area contributed by atoms with Crippen LogP contribution >= 0.6 is 11.6 Å². The molecule has 2 N–H and O–H groups in total. The minimum Gasteiger partial charge on any atom is -0.484 e. The lowest BCUT2D eigenvalue weighted by Gasteiger charge is -2.10. The van der Waals surface area contributed by atoms with E-state index in [9.17, 15) is 14.0 Å². The second-order valence-corrected chi connectivity index (χ2v) is 6.65. The van der Waals surface area contributed by atoms with Crippen LogP contribution in [0.25, 0.3) is 0 Å². The molecular formula is C21H22ClFN2O3. The molecule has 2 amide bonds. The fourth-order valence-electron chi connectivity index (χ4n) is 2.36. The van der Waals surface area contributed by atoms with Gasteiger partial charge in [0, 0.05) is 24.7 Å². The van der Waals surface area contributed by atoms with Crippen molar-refractivity contribution in [2.75, 3.05) is 13.2 Å². The number of amides is 2. The van der Waals surface area contributed by atoms with E-state index in [1.165, 1.54) is 12.1 Å². The second kappa shape index (κ2) is 10.5. The van der Waals surface area contributed by atoms with Crippen LogP contribution in [0.3, 0.4) is 0 Å².